The average Bonchev–Trinajstić information content (AvgIpc) is 2.36. The van der Waals surface area contributed by atoms with Crippen LogP contribution < -0.4 is 5.32 Å². The van der Waals surface area contributed by atoms with Crippen molar-refractivity contribution in [2.45, 2.75) is 24.8 Å². The fourth-order valence-electron chi connectivity index (χ4n) is 2.33. The van der Waals surface area contributed by atoms with Crippen molar-refractivity contribution in [2.75, 3.05) is 11.9 Å². The number of alkyl halides is 7. The van der Waals surface area contributed by atoms with Crippen molar-refractivity contribution in [3.05, 3.63) is 30.3 Å². The summed E-state index contributed by atoms with van der Waals surface area (Å²) in [5, 5.41) is 2.28. The molecule has 0 amide bonds. The zero-order valence-corrected chi connectivity index (χ0v) is 15.9. The van der Waals surface area contributed by atoms with Crippen molar-refractivity contribution in [1.82, 2.24) is 0 Å². The molecule has 1 aliphatic rings. The highest BCUT2D eigenvalue weighted by molar-refractivity contribution is 6.61. The van der Waals surface area contributed by atoms with Gasteiger partial charge in [0.15, 0.2) is 0 Å². The monoisotopic (exact) mass is 427 g/mol. The number of rotatable bonds is 3. The minimum Gasteiger partial charge on any atom is -0.385 e. The van der Waals surface area contributed by atoms with E-state index in [0.29, 0.717) is 6.54 Å². The van der Waals surface area contributed by atoms with Crippen LogP contribution in [0.25, 0.3) is 0 Å². The van der Waals surface area contributed by atoms with Crippen molar-refractivity contribution in [3.8, 4) is 0 Å². The Morgan fingerprint density at radius 2 is 1.52 bits per heavy atom. The summed E-state index contributed by atoms with van der Waals surface area (Å²) >= 11 is 44.0. The van der Waals surface area contributed by atoms with Gasteiger partial charge in [0.25, 0.3) is 0 Å². The maximum Gasteiger partial charge on any atom is 0.144 e. The van der Waals surface area contributed by atoms with E-state index in [1.165, 1.54) is 0 Å². The first-order valence-corrected chi connectivity index (χ1v) is 8.84. The summed E-state index contributed by atoms with van der Waals surface area (Å²) in [6.07, 6.45) is 0.0582. The van der Waals surface area contributed by atoms with Gasteiger partial charge in [-0.1, -0.05) is 64.6 Å². The van der Waals surface area contributed by atoms with Crippen LogP contribution in [0.2, 0.25) is 0 Å². The van der Waals surface area contributed by atoms with E-state index in [-0.39, 0.29) is 6.42 Å². The van der Waals surface area contributed by atoms with E-state index in [9.17, 15) is 0 Å². The van der Waals surface area contributed by atoms with Gasteiger partial charge in [-0.25, -0.2) is 0 Å². The number of benzene rings is 1. The normalized spacial score (nSPS) is 29.9. The molecule has 1 aromatic carbocycles. The molecule has 1 nitrogen and oxygen atoms in total. The van der Waals surface area contributed by atoms with Crippen LogP contribution in [-0.2, 0) is 0 Å². The molecule has 0 bridgehead atoms. The van der Waals surface area contributed by atoms with E-state index in [2.05, 4.69) is 5.32 Å². The van der Waals surface area contributed by atoms with E-state index in [1.807, 2.05) is 30.3 Å². The van der Waals surface area contributed by atoms with Crippen LogP contribution in [-0.4, -0.2) is 24.9 Å². The second-order valence-corrected chi connectivity index (χ2v) is 10.0. The van der Waals surface area contributed by atoms with Gasteiger partial charge in [-0.3, -0.25) is 0 Å². The average molecular weight is 430 g/mol. The van der Waals surface area contributed by atoms with Crippen LogP contribution >= 0.6 is 81.2 Å². The van der Waals surface area contributed by atoms with Crippen LogP contribution in [0.1, 0.15) is 6.42 Å². The fourth-order valence-corrected chi connectivity index (χ4v) is 5.86. The molecule has 2 rings (SSSR count). The molecule has 1 aromatic rings. The Balaban J connectivity index is 2.20. The van der Waals surface area contributed by atoms with E-state index >= 15 is 0 Å². The van der Waals surface area contributed by atoms with Crippen molar-refractivity contribution in [3.63, 3.8) is 0 Å². The van der Waals surface area contributed by atoms with E-state index in [0.717, 1.165) is 5.69 Å². The number of hydrogen-bond acceptors (Lipinski definition) is 1. The summed E-state index contributed by atoms with van der Waals surface area (Å²) in [4.78, 5) is 0. The molecule has 2 unspecified atom stereocenters. The largest absolute Gasteiger partial charge is 0.385 e. The Kier molecular flexibility index (Phi) is 5.70. The summed E-state index contributed by atoms with van der Waals surface area (Å²) in [7, 11) is 0. The van der Waals surface area contributed by atoms with E-state index in [1.54, 1.807) is 0 Å². The predicted octanol–water partition coefficient (Wildman–Crippen LogP) is 6.25. The van der Waals surface area contributed by atoms with Crippen LogP contribution in [0.3, 0.4) is 0 Å². The number of para-hydroxylation sites is 1. The van der Waals surface area contributed by atoms with Gasteiger partial charge in [0, 0.05) is 24.6 Å². The minimum atomic E-state index is -1.48. The quantitative estimate of drug-likeness (QED) is 0.559. The molecular formula is C13H12Cl7N. The van der Waals surface area contributed by atoms with Gasteiger partial charge in [-0.05, 0) is 12.1 Å². The van der Waals surface area contributed by atoms with Gasteiger partial charge in [-0.15, -0.1) is 34.8 Å². The first-order chi connectivity index (χ1) is 9.57. The number of nitrogens with one attached hydrogen (secondary N) is 1. The molecule has 1 aliphatic carbocycles. The van der Waals surface area contributed by atoms with Crippen LogP contribution in [0.4, 0.5) is 5.69 Å². The molecular weight excluding hydrogens is 418 g/mol. The molecule has 0 saturated heterocycles. The van der Waals surface area contributed by atoms with E-state index in [4.69, 9.17) is 81.2 Å². The van der Waals surface area contributed by atoms with Gasteiger partial charge >= 0.3 is 0 Å². The number of halogens is 7. The lowest BCUT2D eigenvalue weighted by Gasteiger charge is -2.50. The lowest BCUT2D eigenvalue weighted by Crippen LogP contribution is -2.60. The van der Waals surface area contributed by atoms with Crippen molar-refractivity contribution < 1.29 is 0 Å². The summed E-state index contributed by atoms with van der Waals surface area (Å²) < 4.78 is -4.19. The van der Waals surface area contributed by atoms with Crippen molar-refractivity contribution in [1.29, 1.82) is 0 Å². The highest BCUT2D eigenvalue weighted by Gasteiger charge is 2.64. The summed E-state index contributed by atoms with van der Waals surface area (Å²) in [6.45, 7) is 0.330. The third-order valence-corrected chi connectivity index (χ3v) is 7.06. The standard InChI is InChI=1S/C13H12Cl7N/c14-10-12(17,18)7-11(15,16)9(13(10,19)20)6-21-8-4-2-1-3-5-8/h1-5,9-10,21H,6-7H2. The highest BCUT2D eigenvalue weighted by Crippen LogP contribution is 2.60. The number of anilines is 1. The van der Waals surface area contributed by atoms with Gasteiger partial charge in [0.2, 0.25) is 0 Å². The molecule has 2 atom stereocenters. The Morgan fingerprint density at radius 1 is 0.952 bits per heavy atom. The maximum atomic E-state index is 6.38. The Hall–Kier alpha value is 1.05. The Morgan fingerprint density at radius 3 is 2.10 bits per heavy atom. The summed E-state index contributed by atoms with van der Waals surface area (Å²) in [5.74, 6) is -0.565. The summed E-state index contributed by atoms with van der Waals surface area (Å²) in [6, 6.07) is 9.53. The van der Waals surface area contributed by atoms with E-state index < -0.39 is 24.3 Å². The second kappa shape index (κ2) is 6.51. The van der Waals surface area contributed by atoms with Crippen molar-refractivity contribution in [2.24, 2.45) is 5.92 Å². The maximum absolute atomic E-state index is 6.38. The topological polar surface area (TPSA) is 12.0 Å². The smallest absolute Gasteiger partial charge is 0.144 e. The molecule has 0 aliphatic heterocycles. The summed E-state index contributed by atoms with van der Waals surface area (Å²) in [5.41, 5.74) is 0.894. The van der Waals surface area contributed by atoms with Crippen molar-refractivity contribution >= 4 is 86.9 Å². The van der Waals surface area contributed by atoms with Crippen LogP contribution in [0.15, 0.2) is 30.3 Å². The predicted molar refractivity (Wildman–Crippen MR) is 96.0 cm³/mol. The fraction of sp³-hybridized carbons (Fsp3) is 0.538. The van der Waals surface area contributed by atoms with Gasteiger partial charge < -0.3 is 5.32 Å². The molecule has 21 heavy (non-hydrogen) atoms. The molecule has 0 spiro atoms. The zero-order valence-electron chi connectivity index (χ0n) is 10.6. The lowest BCUT2D eigenvalue weighted by molar-refractivity contribution is 0.321. The Labute approximate surface area is 159 Å². The molecule has 118 valence electrons. The number of hydrogen-bond donors (Lipinski definition) is 1. The third kappa shape index (κ3) is 3.94. The third-order valence-electron chi connectivity index (χ3n) is 3.44. The van der Waals surface area contributed by atoms with Gasteiger partial charge in [0.1, 0.15) is 18.4 Å². The molecule has 0 radical (unpaired) electrons. The highest BCUT2D eigenvalue weighted by atomic mass is 35.5. The minimum absolute atomic E-state index is 0.0582. The Bertz CT molecular complexity index is 489. The van der Waals surface area contributed by atoms with Gasteiger partial charge in [0.05, 0.1) is 0 Å². The van der Waals surface area contributed by atoms with Crippen LogP contribution in [0, 0.1) is 5.92 Å². The van der Waals surface area contributed by atoms with Gasteiger partial charge in [-0.2, -0.15) is 0 Å². The molecule has 0 aromatic heterocycles. The first kappa shape index (κ1) is 18.4. The zero-order chi connectivity index (χ0) is 15.9. The molecule has 1 saturated carbocycles. The molecule has 1 N–H and O–H groups in total. The first-order valence-electron chi connectivity index (χ1n) is 6.14. The molecule has 8 heteroatoms. The SMILES string of the molecule is ClC1C(Cl)(Cl)CC(Cl)(Cl)C(CNc2ccccc2)C1(Cl)Cl. The molecule has 0 heterocycles. The van der Waals surface area contributed by atoms with Crippen LogP contribution in [0.5, 0.6) is 0 Å². The lowest BCUT2D eigenvalue weighted by atomic mass is 9.85. The second-order valence-electron chi connectivity index (χ2n) is 5.04. The molecule has 1 fully saturated rings.